The van der Waals surface area contributed by atoms with Crippen LogP contribution in [0.4, 0.5) is 0 Å². The molecule has 0 saturated carbocycles. The number of piperidine rings is 1. The maximum atomic E-state index is 12.2. The first-order chi connectivity index (χ1) is 8.01. The van der Waals surface area contributed by atoms with Gasteiger partial charge in [0, 0.05) is 12.6 Å². The highest BCUT2D eigenvalue weighted by molar-refractivity contribution is 5.83. The van der Waals surface area contributed by atoms with Crippen LogP contribution < -0.4 is 10.6 Å². The summed E-state index contributed by atoms with van der Waals surface area (Å²) in [5.74, 6) is 0.0787. The fourth-order valence-corrected chi connectivity index (χ4v) is 2.48. The van der Waals surface area contributed by atoms with Crippen LogP contribution in [-0.2, 0) is 4.79 Å². The van der Waals surface area contributed by atoms with E-state index in [1.807, 2.05) is 6.92 Å². The number of rotatable bonds is 5. The SMILES string of the molecule is CCC(CCO)NC(=O)C1NCCCC1(C)C. The highest BCUT2D eigenvalue weighted by Gasteiger charge is 2.37. The summed E-state index contributed by atoms with van der Waals surface area (Å²) in [6.07, 6.45) is 3.70. The van der Waals surface area contributed by atoms with Crippen LogP contribution in [0.25, 0.3) is 0 Å². The third-order valence-corrected chi connectivity index (χ3v) is 3.71. The van der Waals surface area contributed by atoms with Crippen molar-refractivity contribution in [2.24, 2.45) is 5.41 Å². The molecule has 100 valence electrons. The van der Waals surface area contributed by atoms with Crippen molar-refractivity contribution in [3.63, 3.8) is 0 Å². The molecule has 0 aromatic rings. The largest absolute Gasteiger partial charge is 0.396 e. The van der Waals surface area contributed by atoms with E-state index in [9.17, 15) is 4.79 Å². The molecule has 3 N–H and O–H groups in total. The van der Waals surface area contributed by atoms with Crippen molar-refractivity contribution in [3.05, 3.63) is 0 Å². The summed E-state index contributed by atoms with van der Waals surface area (Å²) in [6, 6.07) is -0.0176. The molecule has 4 nitrogen and oxygen atoms in total. The zero-order chi connectivity index (χ0) is 12.9. The molecular formula is C13H26N2O2. The zero-order valence-electron chi connectivity index (χ0n) is 11.3. The molecule has 1 aliphatic heterocycles. The molecule has 1 fully saturated rings. The molecule has 17 heavy (non-hydrogen) atoms. The van der Waals surface area contributed by atoms with E-state index in [0.717, 1.165) is 25.8 Å². The van der Waals surface area contributed by atoms with Gasteiger partial charge in [-0.1, -0.05) is 20.8 Å². The number of hydrogen-bond acceptors (Lipinski definition) is 3. The molecule has 0 aliphatic carbocycles. The Balaban J connectivity index is 2.55. The number of hydrogen-bond donors (Lipinski definition) is 3. The average molecular weight is 242 g/mol. The second kappa shape index (κ2) is 6.36. The molecule has 4 heteroatoms. The van der Waals surface area contributed by atoms with Crippen LogP contribution >= 0.6 is 0 Å². The lowest BCUT2D eigenvalue weighted by atomic mass is 9.77. The molecule has 0 aromatic heterocycles. The fraction of sp³-hybridized carbons (Fsp3) is 0.923. The van der Waals surface area contributed by atoms with Gasteiger partial charge in [0.25, 0.3) is 0 Å². The van der Waals surface area contributed by atoms with Crippen molar-refractivity contribution >= 4 is 5.91 Å². The fourth-order valence-electron chi connectivity index (χ4n) is 2.48. The van der Waals surface area contributed by atoms with Gasteiger partial charge in [-0.05, 0) is 37.6 Å². The van der Waals surface area contributed by atoms with Crippen LogP contribution in [-0.4, -0.2) is 36.2 Å². The summed E-state index contributed by atoms with van der Waals surface area (Å²) >= 11 is 0. The van der Waals surface area contributed by atoms with Gasteiger partial charge in [-0.25, -0.2) is 0 Å². The Hall–Kier alpha value is -0.610. The molecular weight excluding hydrogens is 216 g/mol. The van der Waals surface area contributed by atoms with Crippen molar-refractivity contribution in [2.45, 2.75) is 58.5 Å². The minimum absolute atomic E-state index is 0.0137. The van der Waals surface area contributed by atoms with E-state index < -0.39 is 0 Å². The van der Waals surface area contributed by atoms with E-state index in [2.05, 4.69) is 24.5 Å². The zero-order valence-corrected chi connectivity index (χ0v) is 11.3. The normalized spacial score (nSPS) is 25.3. The predicted molar refractivity (Wildman–Crippen MR) is 68.7 cm³/mol. The number of aliphatic hydroxyl groups is 1. The smallest absolute Gasteiger partial charge is 0.237 e. The molecule has 2 unspecified atom stereocenters. The average Bonchev–Trinajstić information content (AvgIpc) is 2.27. The first-order valence-corrected chi connectivity index (χ1v) is 6.66. The van der Waals surface area contributed by atoms with Crippen molar-refractivity contribution < 1.29 is 9.90 Å². The van der Waals surface area contributed by atoms with Crippen LogP contribution in [0.1, 0.15) is 46.5 Å². The van der Waals surface area contributed by atoms with Gasteiger partial charge in [0.15, 0.2) is 0 Å². The lowest BCUT2D eigenvalue weighted by Gasteiger charge is -2.38. The highest BCUT2D eigenvalue weighted by atomic mass is 16.3. The number of aliphatic hydroxyl groups excluding tert-OH is 1. The molecule has 1 saturated heterocycles. The second-order valence-electron chi connectivity index (χ2n) is 5.61. The van der Waals surface area contributed by atoms with E-state index >= 15 is 0 Å². The lowest BCUT2D eigenvalue weighted by Crippen LogP contribution is -2.57. The summed E-state index contributed by atoms with van der Waals surface area (Å²) in [5, 5.41) is 15.3. The van der Waals surface area contributed by atoms with Crippen LogP contribution in [0.2, 0.25) is 0 Å². The Morgan fingerprint density at radius 2 is 2.29 bits per heavy atom. The quantitative estimate of drug-likeness (QED) is 0.675. The van der Waals surface area contributed by atoms with E-state index in [-0.39, 0.29) is 30.0 Å². The van der Waals surface area contributed by atoms with Gasteiger partial charge in [-0.15, -0.1) is 0 Å². The van der Waals surface area contributed by atoms with Gasteiger partial charge in [-0.3, -0.25) is 4.79 Å². The van der Waals surface area contributed by atoms with E-state index in [1.54, 1.807) is 0 Å². The van der Waals surface area contributed by atoms with Gasteiger partial charge >= 0.3 is 0 Å². The van der Waals surface area contributed by atoms with E-state index in [1.165, 1.54) is 0 Å². The number of amides is 1. The molecule has 0 radical (unpaired) electrons. The Kier molecular flexibility index (Phi) is 5.40. The number of carbonyl (C=O) groups is 1. The molecule has 1 heterocycles. The van der Waals surface area contributed by atoms with Crippen molar-refractivity contribution in [3.8, 4) is 0 Å². The topological polar surface area (TPSA) is 61.4 Å². The maximum Gasteiger partial charge on any atom is 0.237 e. The molecule has 2 atom stereocenters. The molecule has 1 amide bonds. The van der Waals surface area contributed by atoms with Crippen LogP contribution in [0.15, 0.2) is 0 Å². The number of carbonyl (C=O) groups excluding carboxylic acids is 1. The van der Waals surface area contributed by atoms with Crippen molar-refractivity contribution in [1.82, 2.24) is 10.6 Å². The molecule has 1 rings (SSSR count). The van der Waals surface area contributed by atoms with Crippen molar-refractivity contribution in [2.75, 3.05) is 13.2 Å². The standard InChI is InChI=1S/C13H26N2O2/c1-4-10(6-9-16)15-12(17)11-13(2,3)7-5-8-14-11/h10-11,14,16H,4-9H2,1-3H3,(H,15,17). The molecule has 1 aliphatic rings. The van der Waals surface area contributed by atoms with Gasteiger partial charge in [0.2, 0.25) is 5.91 Å². The van der Waals surface area contributed by atoms with Gasteiger partial charge < -0.3 is 15.7 Å². The summed E-state index contributed by atoms with van der Waals surface area (Å²) in [5.41, 5.74) is 0.0137. The summed E-state index contributed by atoms with van der Waals surface area (Å²) in [7, 11) is 0. The Bertz CT molecular complexity index is 254. The Morgan fingerprint density at radius 1 is 1.59 bits per heavy atom. The van der Waals surface area contributed by atoms with E-state index in [4.69, 9.17) is 5.11 Å². The summed E-state index contributed by atoms with van der Waals surface area (Å²) in [6.45, 7) is 7.34. The second-order valence-corrected chi connectivity index (χ2v) is 5.61. The molecule has 0 bridgehead atoms. The third-order valence-electron chi connectivity index (χ3n) is 3.71. The monoisotopic (exact) mass is 242 g/mol. The third kappa shape index (κ3) is 3.96. The van der Waals surface area contributed by atoms with Crippen LogP contribution in [0.3, 0.4) is 0 Å². The van der Waals surface area contributed by atoms with Crippen LogP contribution in [0, 0.1) is 5.41 Å². The minimum Gasteiger partial charge on any atom is -0.396 e. The minimum atomic E-state index is -0.107. The Morgan fingerprint density at radius 3 is 2.82 bits per heavy atom. The Labute approximate surface area is 104 Å². The summed E-state index contributed by atoms with van der Waals surface area (Å²) < 4.78 is 0. The first-order valence-electron chi connectivity index (χ1n) is 6.66. The van der Waals surface area contributed by atoms with Gasteiger partial charge in [-0.2, -0.15) is 0 Å². The molecule has 0 spiro atoms. The first kappa shape index (κ1) is 14.5. The predicted octanol–water partition coefficient (Wildman–Crippen LogP) is 1.04. The number of nitrogens with one attached hydrogen (secondary N) is 2. The van der Waals surface area contributed by atoms with Crippen LogP contribution in [0.5, 0.6) is 0 Å². The van der Waals surface area contributed by atoms with Gasteiger partial charge in [0.1, 0.15) is 0 Å². The highest BCUT2D eigenvalue weighted by Crippen LogP contribution is 2.30. The maximum absolute atomic E-state index is 12.2. The molecule has 0 aromatic carbocycles. The summed E-state index contributed by atoms with van der Waals surface area (Å²) in [4.78, 5) is 12.2. The van der Waals surface area contributed by atoms with E-state index in [0.29, 0.717) is 6.42 Å². The van der Waals surface area contributed by atoms with Gasteiger partial charge in [0.05, 0.1) is 6.04 Å². The lowest BCUT2D eigenvalue weighted by molar-refractivity contribution is -0.127. The van der Waals surface area contributed by atoms with Crippen molar-refractivity contribution in [1.29, 1.82) is 0 Å².